The van der Waals surface area contributed by atoms with Crippen LogP contribution in [-0.4, -0.2) is 31.7 Å². The van der Waals surface area contributed by atoms with Crippen LogP contribution in [0.4, 0.5) is 15.9 Å². The van der Waals surface area contributed by atoms with Crippen molar-refractivity contribution in [2.75, 3.05) is 22.7 Å². The Balaban J connectivity index is 1.59. The smallest absolute Gasteiger partial charge is 0.263 e. The Morgan fingerprint density at radius 2 is 1.67 bits per heavy atom. The molecule has 0 aliphatic carbocycles. The van der Waals surface area contributed by atoms with E-state index in [1.165, 1.54) is 30.7 Å². The Kier molecular flexibility index (Phi) is 5.67. The summed E-state index contributed by atoms with van der Waals surface area (Å²) in [7, 11) is -3.76. The number of benzene rings is 2. The van der Waals surface area contributed by atoms with Crippen molar-refractivity contribution < 1.29 is 12.8 Å². The molecule has 0 atom stereocenters. The first-order chi connectivity index (χ1) is 14.4. The van der Waals surface area contributed by atoms with Crippen molar-refractivity contribution in [3.05, 3.63) is 66.0 Å². The average molecular weight is 427 g/mol. The summed E-state index contributed by atoms with van der Waals surface area (Å²) in [5.41, 5.74) is 3.03. The van der Waals surface area contributed by atoms with Gasteiger partial charge in [0.1, 0.15) is 5.82 Å². The van der Waals surface area contributed by atoms with Gasteiger partial charge in [-0.2, -0.15) is 0 Å². The van der Waals surface area contributed by atoms with E-state index in [-0.39, 0.29) is 16.5 Å². The van der Waals surface area contributed by atoms with Crippen molar-refractivity contribution in [1.82, 2.24) is 10.2 Å². The highest BCUT2D eigenvalue weighted by Gasteiger charge is 2.18. The molecule has 0 amide bonds. The lowest BCUT2D eigenvalue weighted by Crippen LogP contribution is -2.29. The van der Waals surface area contributed by atoms with Crippen molar-refractivity contribution in [2.45, 2.75) is 31.1 Å². The molecule has 6 nitrogen and oxygen atoms in total. The fourth-order valence-corrected chi connectivity index (χ4v) is 4.56. The fourth-order valence-electron chi connectivity index (χ4n) is 3.57. The summed E-state index contributed by atoms with van der Waals surface area (Å²) in [5, 5.41) is 8.19. The third-order valence-electron chi connectivity index (χ3n) is 5.17. The lowest BCUT2D eigenvalue weighted by atomic mass is 10.0. The number of rotatable bonds is 5. The molecule has 0 unspecified atom stereocenters. The van der Waals surface area contributed by atoms with Crippen LogP contribution in [0.3, 0.4) is 0 Å². The molecule has 3 aromatic rings. The Labute approximate surface area is 175 Å². The lowest BCUT2D eigenvalue weighted by Gasteiger charge is -2.30. The molecule has 2 heterocycles. The van der Waals surface area contributed by atoms with Gasteiger partial charge in [0.25, 0.3) is 10.0 Å². The van der Waals surface area contributed by atoms with Gasteiger partial charge in [-0.1, -0.05) is 17.7 Å². The zero-order chi connectivity index (χ0) is 21.1. The second-order valence-electron chi connectivity index (χ2n) is 7.43. The van der Waals surface area contributed by atoms with Crippen LogP contribution in [-0.2, 0) is 10.0 Å². The molecule has 1 aliphatic heterocycles. The van der Waals surface area contributed by atoms with Gasteiger partial charge in [-0.05, 0) is 68.7 Å². The van der Waals surface area contributed by atoms with Crippen LogP contribution in [0.2, 0.25) is 0 Å². The van der Waals surface area contributed by atoms with Gasteiger partial charge in [0.05, 0.1) is 10.6 Å². The maximum atomic E-state index is 14.0. The van der Waals surface area contributed by atoms with Crippen molar-refractivity contribution in [1.29, 1.82) is 0 Å². The van der Waals surface area contributed by atoms with Crippen molar-refractivity contribution in [3.8, 4) is 11.3 Å². The van der Waals surface area contributed by atoms with Gasteiger partial charge >= 0.3 is 0 Å². The lowest BCUT2D eigenvalue weighted by molar-refractivity contribution is 0.577. The van der Waals surface area contributed by atoms with Crippen molar-refractivity contribution in [2.24, 2.45) is 0 Å². The van der Waals surface area contributed by atoms with Crippen LogP contribution in [0.5, 0.6) is 0 Å². The molecule has 156 valence electrons. The van der Waals surface area contributed by atoms with Crippen LogP contribution in [0, 0.1) is 12.7 Å². The summed E-state index contributed by atoms with van der Waals surface area (Å²) in [4.78, 5) is 2.38. The first kappa shape index (κ1) is 20.3. The quantitative estimate of drug-likeness (QED) is 0.655. The Hall–Kier alpha value is -3.00. The SMILES string of the molecule is Cc1ccc(S(=O)(=O)Nc2ccc(-c3cc(F)ccc3N3CCCCC3)nn2)cc1. The molecule has 1 aliphatic rings. The monoisotopic (exact) mass is 426 g/mol. The molecule has 1 N–H and O–H groups in total. The van der Waals surface area contributed by atoms with Gasteiger partial charge < -0.3 is 4.90 Å². The Morgan fingerprint density at radius 1 is 0.933 bits per heavy atom. The van der Waals surface area contributed by atoms with Gasteiger partial charge in [0, 0.05) is 24.3 Å². The standard InChI is InChI=1S/C22H23FN4O2S/c1-16-5-8-18(9-6-16)30(28,29)26-22-12-10-20(24-25-22)19-15-17(23)7-11-21(19)27-13-3-2-4-14-27/h5-12,15H,2-4,13-14H2,1H3,(H,25,26). The molecule has 4 rings (SSSR count). The number of anilines is 2. The highest BCUT2D eigenvalue weighted by molar-refractivity contribution is 7.92. The van der Waals surface area contributed by atoms with Gasteiger partial charge in [0.15, 0.2) is 5.82 Å². The van der Waals surface area contributed by atoms with E-state index in [1.807, 2.05) is 6.92 Å². The normalized spacial score (nSPS) is 14.5. The molecule has 0 bridgehead atoms. The second kappa shape index (κ2) is 8.39. The van der Waals surface area contributed by atoms with Crippen LogP contribution in [0.15, 0.2) is 59.5 Å². The molecule has 8 heteroatoms. The number of sulfonamides is 1. The van der Waals surface area contributed by atoms with Crippen LogP contribution < -0.4 is 9.62 Å². The summed E-state index contributed by atoms with van der Waals surface area (Å²) in [6, 6.07) is 14.4. The third-order valence-corrected chi connectivity index (χ3v) is 6.54. The van der Waals surface area contributed by atoms with E-state index in [0.29, 0.717) is 11.3 Å². The van der Waals surface area contributed by atoms with E-state index in [9.17, 15) is 12.8 Å². The number of nitrogens with one attached hydrogen (secondary N) is 1. The minimum absolute atomic E-state index is 0.107. The first-order valence-corrected chi connectivity index (χ1v) is 11.4. The number of hydrogen-bond donors (Lipinski definition) is 1. The Bertz CT molecular complexity index is 1130. The third kappa shape index (κ3) is 4.43. The molecule has 1 fully saturated rings. The van der Waals surface area contributed by atoms with Crippen LogP contribution in [0.25, 0.3) is 11.3 Å². The largest absolute Gasteiger partial charge is 0.371 e. The minimum atomic E-state index is -3.76. The second-order valence-corrected chi connectivity index (χ2v) is 9.11. The van der Waals surface area contributed by atoms with Crippen molar-refractivity contribution in [3.63, 3.8) is 0 Å². The molecule has 2 aromatic carbocycles. The van der Waals surface area contributed by atoms with Gasteiger partial charge in [0.2, 0.25) is 0 Å². The van der Waals surface area contributed by atoms with Gasteiger partial charge in [-0.15, -0.1) is 10.2 Å². The number of piperidine rings is 1. The zero-order valence-electron chi connectivity index (χ0n) is 16.7. The Morgan fingerprint density at radius 3 is 2.33 bits per heavy atom. The van der Waals surface area contributed by atoms with E-state index in [0.717, 1.165) is 37.2 Å². The van der Waals surface area contributed by atoms with E-state index in [2.05, 4.69) is 19.8 Å². The first-order valence-electron chi connectivity index (χ1n) is 9.90. The van der Waals surface area contributed by atoms with E-state index in [1.54, 1.807) is 30.3 Å². The number of nitrogens with zero attached hydrogens (tertiary/aromatic N) is 3. The summed E-state index contributed by atoms with van der Waals surface area (Å²) >= 11 is 0. The van der Waals surface area contributed by atoms with E-state index >= 15 is 0 Å². The molecular formula is C22H23FN4O2S. The summed E-state index contributed by atoms with van der Waals surface area (Å²) in [6.07, 6.45) is 3.40. The minimum Gasteiger partial charge on any atom is -0.371 e. The predicted octanol–water partition coefficient (Wildman–Crippen LogP) is 4.38. The fraction of sp³-hybridized carbons (Fsp3) is 0.273. The van der Waals surface area contributed by atoms with Crippen LogP contribution >= 0.6 is 0 Å². The van der Waals surface area contributed by atoms with Crippen molar-refractivity contribution >= 4 is 21.5 Å². The summed E-state index contributed by atoms with van der Waals surface area (Å²) in [6.45, 7) is 3.72. The summed E-state index contributed by atoms with van der Waals surface area (Å²) in [5.74, 6) is -0.244. The molecular weight excluding hydrogens is 403 g/mol. The molecule has 0 spiro atoms. The van der Waals surface area contributed by atoms with E-state index in [4.69, 9.17) is 0 Å². The molecule has 30 heavy (non-hydrogen) atoms. The molecule has 0 saturated carbocycles. The highest BCUT2D eigenvalue weighted by Crippen LogP contribution is 2.32. The maximum Gasteiger partial charge on any atom is 0.263 e. The number of aromatic nitrogens is 2. The van der Waals surface area contributed by atoms with Crippen LogP contribution in [0.1, 0.15) is 24.8 Å². The number of halogens is 1. The predicted molar refractivity (Wildman–Crippen MR) is 115 cm³/mol. The van der Waals surface area contributed by atoms with Gasteiger partial charge in [-0.25, -0.2) is 12.8 Å². The zero-order valence-corrected chi connectivity index (χ0v) is 17.5. The number of hydrogen-bond acceptors (Lipinski definition) is 5. The van der Waals surface area contributed by atoms with E-state index < -0.39 is 10.0 Å². The summed E-state index contributed by atoms with van der Waals surface area (Å²) < 4.78 is 41.5. The molecule has 1 saturated heterocycles. The van der Waals surface area contributed by atoms with Gasteiger partial charge in [-0.3, -0.25) is 4.72 Å². The highest BCUT2D eigenvalue weighted by atomic mass is 32.2. The number of aryl methyl sites for hydroxylation is 1. The topological polar surface area (TPSA) is 75.2 Å². The maximum absolute atomic E-state index is 14.0. The average Bonchev–Trinajstić information content (AvgIpc) is 2.75. The molecule has 1 aromatic heterocycles. The molecule has 0 radical (unpaired) electrons.